The Kier molecular flexibility index (Phi) is 11.6. The van der Waals surface area contributed by atoms with E-state index in [9.17, 15) is 14.4 Å². The van der Waals surface area contributed by atoms with Crippen LogP contribution in [0.2, 0.25) is 0 Å². The second kappa shape index (κ2) is 17.3. The summed E-state index contributed by atoms with van der Waals surface area (Å²) in [4.78, 5) is 66.7. The molecule has 2 aromatic carbocycles. The topological polar surface area (TPSA) is 162 Å². The molecular weight excluding hydrogens is 735 g/mol. The normalized spacial score (nSPS) is 20.6. The SMILES string of the molecule is COC(=O)N[C@H]1CCCCOCc2[nH]c(nc2-c2ccc(-c3ccc(-c4cnc([C@@H]5CCCN5C(=O)C(c5cccnc5)N(C)C)[nH]4)cc3)cc2)[C@@H]2CCCN2C1=O. The van der Waals surface area contributed by atoms with Gasteiger partial charge in [-0.2, -0.15) is 0 Å². The van der Waals surface area contributed by atoms with Crippen LogP contribution in [0.4, 0.5) is 4.79 Å². The van der Waals surface area contributed by atoms with E-state index in [1.807, 2.05) is 47.1 Å². The van der Waals surface area contributed by atoms with Crippen molar-refractivity contribution >= 4 is 17.9 Å². The quantitative estimate of drug-likeness (QED) is 0.158. The summed E-state index contributed by atoms with van der Waals surface area (Å²) in [6, 6.07) is 19.1. The molecule has 3 aromatic heterocycles. The molecule has 0 saturated carbocycles. The van der Waals surface area contributed by atoms with E-state index >= 15 is 0 Å². The van der Waals surface area contributed by atoms with Crippen molar-refractivity contribution < 1.29 is 23.9 Å². The van der Waals surface area contributed by atoms with E-state index in [0.29, 0.717) is 32.7 Å². The van der Waals surface area contributed by atoms with Crippen LogP contribution in [0, 0.1) is 0 Å². The van der Waals surface area contributed by atoms with Gasteiger partial charge in [-0.05, 0) is 87.4 Å². The molecule has 14 heteroatoms. The van der Waals surface area contributed by atoms with E-state index in [0.717, 1.165) is 95.1 Å². The predicted octanol–water partition coefficient (Wildman–Crippen LogP) is 6.58. The number of imidazole rings is 2. The van der Waals surface area contributed by atoms with Gasteiger partial charge < -0.3 is 34.6 Å². The molecule has 3 amide bonds. The first kappa shape index (κ1) is 39.0. The second-order valence-electron chi connectivity index (χ2n) is 15.6. The summed E-state index contributed by atoms with van der Waals surface area (Å²) in [6.07, 6.45) is 10.1. The fraction of sp³-hybridized carbons (Fsp3) is 0.409. The van der Waals surface area contributed by atoms with E-state index in [2.05, 4.69) is 68.8 Å². The largest absolute Gasteiger partial charge is 0.453 e. The van der Waals surface area contributed by atoms with Gasteiger partial charge in [0.2, 0.25) is 11.8 Å². The standard InChI is InChI=1S/C44H51N9O5/c1-51(2)39(32-9-6-21-45-25-32)43(55)53-23-7-11-36(53)40-46-26-34(47-40)30-17-13-28(14-18-30)29-15-19-31(20-16-29)38-35-27-58-24-5-4-10-33(49-44(56)57-3)42(54)52-22-8-12-37(52)41(48-35)50-38/h6,9,13-21,25-26,33,36-37,39H,4-5,7-8,10-12,22-24,27H2,1-3H3,(H,46,47)(H,48,50)(H,49,56)/t33-,36-,37-,39?/m0/s1. The number of H-pyrrole nitrogens is 2. The van der Waals surface area contributed by atoms with Crippen LogP contribution < -0.4 is 5.32 Å². The molecule has 14 nitrogen and oxygen atoms in total. The predicted molar refractivity (Wildman–Crippen MR) is 218 cm³/mol. The Hall–Kier alpha value is -5.86. The molecule has 302 valence electrons. The van der Waals surface area contributed by atoms with Gasteiger partial charge in [-0.15, -0.1) is 0 Å². The van der Waals surface area contributed by atoms with Crippen LogP contribution in [-0.2, 0) is 25.7 Å². The Morgan fingerprint density at radius 2 is 1.59 bits per heavy atom. The first-order valence-corrected chi connectivity index (χ1v) is 20.2. The van der Waals surface area contributed by atoms with Gasteiger partial charge in [0.05, 0.1) is 49.1 Å². The zero-order chi connectivity index (χ0) is 40.2. The van der Waals surface area contributed by atoms with Gasteiger partial charge in [-0.3, -0.25) is 19.5 Å². The maximum atomic E-state index is 13.9. The lowest BCUT2D eigenvalue weighted by atomic mass is 10.0. The van der Waals surface area contributed by atoms with E-state index in [-0.39, 0.29) is 23.9 Å². The van der Waals surface area contributed by atoms with Crippen molar-refractivity contribution in [3.63, 3.8) is 0 Å². The van der Waals surface area contributed by atoms with Crippen LogP contribution in [0.15, 0.2) is 79.3 Å². The molecule has 2 fully saturated rings. The fourth-order valence-electron chi connectivity index (χ4n) is 8.62. The molecular formula is C44H51N9O5. The van der Waals surface area contributed by atoms with E-state index in [1.165, 1.54) is 7.11 Å². The summed E-state index contributed by atoms with van der Waals surface area (Å²) in [5, 5.41) is 2.75. The van der Waals surface area contributed by atoms with Crippen LogP contribution in [0.5, 0.6) is 0 Å². The first-order valence-electron chi connectivity index (χ1n) is 20.2. The van der Waals surface area contributed by atoms with Gasteiger partial charge in [0.25, 0.3) is 0 Å². The number of methoxy groups -OCH3 is 1. The fourth-order valence-corrected chi connectivity index (χ4v) is 8.62. The molecule has 3 N–H and O–H groups in total. The van der Waals surface area contributed by atoms with E-state index in [1.54, 1.807) is 12.4 Å². The van der Waals surface area contributed by atoms with Gasteiger partial charge in [0.15, 0.2) is 0 Å². The van der Waals surface area contributed by atoms with Crippen LogP contribution in [-0.4, -0.2) is 104 Å². The molecule has 4 atom stereocenters. The lowest BCUT2D eigenvalue weighted by Gasteiger charge is -2.31. The number of aromatic amines is 2. The number of likely N-dealkylation sites (N-methyl/N-ethyl adjacent to an activating group) is 1. The van der Waals surface area contributed by atoms with Crippen molar-refractivity contribution in [2.24, 2.45) is 0 Å². The molecule has 2 saturated heterocycles. The third-order valence-electron chi connectivity index (χ3n) is 11.6. The van der Waals surface area contributed by atoms with Crippen molar-refractivity contribution in [3.05, 3.63) is 102 Å². The molecule has 1 unspecified atom stereocenters. The number of hydrogen-bond acceptors (Lipinski definition) is 9. The third-order valence-corrected chi connectivity index (χ3v) is 11.6. The Bertz CT molecular complexity index is 2200. The van der Waals surface area contributed by atoms with Gasteiger partial charge in [-0.1, -0.05) is 54.6 Å². The molecule has 58 heavy (non-hydrogen) atoms. The highest BCUT2D eigenvalue weighted by Gasteiger charge is 2.38. The number of pyridine rings is 1. The number of likely N-dealkylation sites (tertiary alicyclic amines) is 1. The van der Waals surface area contributed by atoms with Crippen molar-refractivity contribution in [1.82, 2.24) is 44.9 Å². The van der Waals surface area contributed by atoms with Gasteiger partial charge in [-0.25, -0.2) is 14.8 Å². The molecule has 0 radical (unpaired) electrons. The maximum Gasteiger partial charge on any atom is 0.407 e. The summed E-state index contributed by atoms with van der Waals surface area (Å²) in [7, 11) is 5.16. The van der Waals surface area contributed by atoms with Gasteiger partial charge in [0.1, 0.15) is 23.7 Å². The Balaban J connectivity index is 0.972. The number of rotatable bonds is 8. The summed E-state index contributed by atoms with van der Waals surface area (Å²) in [5.74, 6) is 1.47. The van der Waals surface area contributed by atoms with Crippen molar-refractivity contribution in [3.8, 4) is 33.6 Å². The van der Waals surface area contributed by atoms with Crippen molar-refractivity contribution in [2.45, 2.75) is 75.7 Å². The molecule has 8 rings (SSSR count). The number of aromatic nitrogens is 5. The third kappa shape index (κ3) is 8.12. The summed E-state index contributed by atoms with van der Waals surface area (Å²) < 4.78 is 10.9. The smallest absolute Gasteiger partial charge is 0.407 e. The van der Waals surface area contributed by atoms with Crippen LogP contribution in [0.1, 0.15) is 86.0 Å². The van der Waals surface area contributed by atoms with Crippen molar-refractivity contribution in [2.75, 3.05) is 40.9 Å². The number of alkyl carbamates (subject to hydrolysis) is 1. The number of carbonyl (C=O) groups is 3. The molecule has 0 aliphatic carbocycles. The average molecular weight is 786 g/mol. The van der Waals surface area contributed by atoms with Crippen LogP contribution >= 0.6 is 0 Å². The first-order chi connectivity index (χ1) is 28.3. The number of hydrogen-bond donors (Lipinski definition) is 3. The Morgan fingerprint density at radius 1 is 0.862 bits per heavy atom. The molecule has 3 aliphatic rings. The lowest BCUT2D eigenvalue weighted by Crippen LogP contribution is -2.48. The minimum Gasteiger partial charge on any atom is -0.453 e. The highest BCUT2D eigenvalue weighted by Crippen LogP contribution is 2.37. The van der Waals surface area contributed by atoms with Gasteiger partial charge >= 0.3 is 6.09 Å². The van der Waals surface area contributed by atoms with Crippen LogP contribution in [0.3, 0.4) is 0 Å². The van der Waals surface area contributed by atoms with Gasteiger partial charge in [0, 0.05) is 37.7 Å². The Labute approximate surface area is 338 Å². The van der Waals surface area contributed by atoms with E-state index < -0.39 is 18.2 Å². The van der Waals surface area contributed by atoms with Crippen molar-refractivity contribution in [1.29, 1.82) is 0 Å². The minimum absolute atomic E-state index is 0.0541. The number of nitrogens with one attached hydrogen (secondary N) is 3. The number of amides is 3. The zero-order valence-corrected chi connectivity index (χ0v) is 33.3. The highest BCUT2D eigenvalue weighted by molar-refractivity contribution is 5.86. The highest BCUT2D eigenvalue weighted by atomic mass is 16.5. The molecule has 2 bridgehead atoms. The number of carbonyl (C=O) groups excluding carboxylic acids is 3. The molecule has 5 aromatic rings. The summed E-state index contributed by atoms with van der Waals surface area (Å²) in [5.41, 5.74) is 7.57. The lowest BCUT2D eigenvalue weighted by molar-refractivity contribution is -0.137. The number of nitrogens with zero attached hydrogens (tertiary/aromatic N) is 6. The Morgan fingerprint density at radius 3 is 2.31 bits per heavy atom. The number of benzene rings is 2. The summed E-state index contributed by atoms with van der Waals surface area (Å²) >= 11 is 0. The molecule has 3 aliphatic heterocycles. The van der Waals surface area contributed by atoms with E-state index in [4.69, 9.17) is 19.4 Å². The maximum absolute atomic E-state index is 13.9. The number of fused-ring (bicyclic) bond motifs is 4. The molecule has 0 spiro atoms. The average Bonchev–Trinajstić information content (AvgIpc) is 4.08. The minimum atomic E-state index is -0.666. The van der Waals surface area contributed by atoms with Crippen LogP contribution in [0.25, 0.3) is 33.6 Å². The monoisotopic (exact) mass is 785 g/mol. The number of ether oxygens (including phenoxy) is 2. The second-order valence-corrected chi connectivity index (χ2v) is 15.6. The summed E-state index contributed by atoms with van der Waals surface area (Å²) in [6.45, 7) is 2.19. The zero-order valence-electron chi connectivity index (χ0n) is 33.3. The molecule has 6 heterocycles.